The Morgan fingerprint density at radius 3 is 2.79 bits per heavy atom. The zero-order valence-electron chi connectivity index (χ0n) is 11.8. The van der Waals surface area contributed by atoms with Gasteiger partial charge in [0.05, 0.1) is 6.54 Å². The standard InChI is InChI=1S/C15H23N3S/c1-18(2)15(17-12-14-9-6-10-19-14)16-11-13-7-4-3-5-8-13/h3-5,7-8,14H,6,9-12H2,1-2H3,(H,16,17). The molecule has 1 aromatic carbocycles. The smallest absolute Gasteiger partial charge is 0.193 e. The summed E-state index contributed by atoms with van der Waals surface area (Å²) >= 11 is 2.07. The van der Waals surface area contributed by atoms with Gasteiger partial charge in [0.25, 0.3) is 0 Å². The zero-order chi connectivity index (χ0) is 13.5. The lowest BCUT2D eigenvalue weighted by molar-refractivity contribution is 0.574. The third-order valence-electron chi connectivity index (χ3n) is 3.19. The molecule has 1 aromatic rings. The Bertz CT molecular complexity index is 397. The molecule has 0 spiro atoms. The second kappa shape index (κ2) is 7.43. The van der Waals surface area contributed by atoms with Gasteiger partial charge in [-0.3, -0.25) is 0 Å². The number of thioether (sulfide) groups is 1. The predicted octanol–water partition coefficient (Wildman–Crippen LogP) is 2.59. The first-order chi connectivity index (χ1) is 9.25. The Morgan fingerprint density at radius 2 is 2.16 bits per heavy atom. The van der Waals surface area contributed by atoms with Crippen molar-refractivity contribution in [3.8, 4) is 0 Å². The minimum absolute atomic E-state index is 0.735. The highest BCUT2D eigenvalue weighted by Gasteiger charge is 2.15. The molecular weight excluding hydrogens is 254 g/mol. The van der Waals surface area contributed by atoms with Gasteiger partial charge < -0.3 is 10.2 Å². The van der Waals surface area contributed by atoms with Crippen LogP contribution in [-0.2, 0) is 6.54 Å². The van der Waals surface area contributed by atoms with Crippen LogP contribution in [0.2, 0.25) is 0 Å². The predicted molar refractivity (Wildman–Crippen MR) is 84.8 cm³/mol. The van der Waals surface area contributed by atoms with Crippen molar-refractivity contribution in [3.63, 3.8) is 0 Å². The maximum atomic E-state index is 4.68. The fraction of sp³-hybridized carbons (Fsp3) is 0.533. The molecule has 1 aliphatic heterocycles. The minimum atomic E-state index is 0.735. The Hall–Kier alpha value is -1.16. The summed E-state index contributed by atoms with van der Waals surface area (Å²) in [6.45, 7) is 1.76. The van der Waals surface area contributed by atoms with Crippen molar-refractivity contribution in [3.05, 3.63) is 35.9 Å². The van der Waals surface area contributed by atoms with Crippen molar-refractivity contribution in [2.75, 3.05) is 26.4 Å². The Kier molecular flexibility index (Phi) is 5.58. The molecule has 1 aliphatic rings. The van der Waals surface area contributed by atoms with Crippen molar-refractivity contribution >= 4 is 17.7 Å². The van der Waals surface area contributed by atoms with Gasteiger partial charge in [0.2, 0.25) is 0 Å². The van der Waals surface area contributed by atoms with Crippen LogP contribution in [0.3, 0.4) is 0 Å². The average molecular weight is 277 g/mol. The average Bonchev–Trinajstić information content (AvgIpc) is 2.92. The van der Waals surface area contributed by atoms with Crippen LogP contribution in [0.1, 0.15) is 18.4 Å². The molecular formula is C15H23N3S. The molecule has 3 nitrogen and oxygen atoms in total. The lowest BCUT2D eigenvalue weighted by Crippen LogP contribution is -2.39. The summed E-state index contributed by atoms with van der Waals surface area (Å²) in [4.78, 5) is 6.73. The summed E-state index contributed by atoms with van der Waals surface area (Å²) in [7, 11) is 4.08. The number of benzene rings is 1. The van der Waals surface area contributed by atoms with E-state index >= 15 is 0 Å². The van der Waals surface area contributed by atoms with E-state index < -0.39 is 0 Å². The van der Waals surface area contributed by atoms with Crippen molar-refractivity contribution in [2.24, 2.45) is 4.99 Å². The summed E-state index contributed by atoms with van der Waals surface area (Å²) in [5, 5.41) is 4.24. The van der Waals surface area contributed by atoms with Crippen molar-refractivity contribution in [1.82, 2.24) is 10.2 Å². The third kappa shape index (κ3) is 4.78. The normalized spacial score (nSPS) is 19.5. The lowest BCUT2D eigenvalue weighted by Gasteiger charge is -2.19. The van der Waals surface area contributed by atoms with Crippen LogP contribution in [-0.4, -0.2) is 42.5 Å². The molecule has 0 saturated carbocycles. The first-order valence-corrected chi connectivity index (χ1v) is 7.92. The van der Waals surface area contributed by atoms with E-state index in [2.05, 4.69) is 51.2 Å². The van der Waals surface area contributed by atoms with Gasteiger partial charge in [0.15, 0.2) is 5.96 Å². The van der Waals surface area contributed by atoms with Crippen molar-refractivity contribution < 1.29 is 0 Å². The van der Waals surface area contributed by atoms with Crippen LogP contribution in [0.25, 0.3) is 0 Å². The summed E-state index contributed by atoms with van der Waals surface area (Å²) in [5.41, 5.74) is 1.25. The van der Waals surface area contributed by atoms with Crippen LogP contribution in [0.15, 0.2) is 35.3 Å². The highest BCUT2D eigenvalue weighted by atomic mass is 32.2. The molecule has 104 valence electrons. The highest BCUT2D eigenvalue weighted by Crippen LogP contribution is 2.25. The number of aliphatic imine (C=N–C) groups is 1. The number of guanidine groups is 1. The number of hydrogen-bond acceptors (Lipinski definition) is 2. The Morgan fingerprint density at radius 1 is 1.37 bits per heavy atom. The largest absolute Gasteiger partial charge is 0.355 e. The molecule has 1 fully saturated rings. The van der Waals surface area contributed by atoms with Gasteiger partial charge in [-0.05, 0) is 24.2 Å². The Labute approximate surface area is 120 Å². The zero-order valence-corrected chi connectivity index (χ0v) is 12.6. The molecule has 0 amide bonds. The fourth-order valence-electron chi connectivity index (χ4n) is 2.12. The monoisotopic (exact) mass is 277 g/mol. The van der Waals surface area contributed by atoms with E-state index in [-0.39, 0.29) is 0 Å². The van der Waals surface area contributed by atoms with Crippen LogP contribution >= 0.6 is 11.8 Å². The first-order valence-electron chi connectivity index (χ1n) is 6.87. The van der Waals surface area contributed by atoms with Gasteiger partial charge >= 0.3 is 0 Å². The number of hydrogen-bond donors (Lipinski definition) is 1. The van der Waals surface area contributed by atoms with Gasteiger partial charge in [0.1, 0.15) is 0 Å². The second-order valence-corrected chi connectivity index (χ2v) is 6.44. The molecule has 2 rings (SSSR count). The van der Waals surface area contributed by atoms with Crippen LogP contribution in [0.5, 0.6) is 0 Å². The van der Waals surface area contributed by atoms with E-state index in [1.165, 1.54) is 24.2 Å². The molecule has 1 unspecified atom stereocenters. The summed E-state index contributed by atoms with van der Waals surface area (Å²) in [5.74, 6) is 2.29. The topological polar surface area (TPSA) is 27.6 Å². The molecule has 0 aliphatic carbocycles. The lowest BCUT2D eigenvalue weighted by atomic mass is 10.2. The van der Waals surface area contributed by atoms with Gasteiger partial charge in [-0.2, -0.15) is 11.8 Å². The van der Waals surface area contributed by atoms with Gasteiger partial charge in [-0.15, -0.1) is 0 Å². The van der Waals surface area contributed by atoms with Gasteiger partial charge in [-0.25, -0.2) is 4.99 Å². The van der Waals surface area contributed by atoms with E-state index in [1.807, 2.05) is 20.2 Å². The molecule has 1 N–H and O–H groups in total. The van der Waals surface area contributed by atoms with Crippen LogP contribution < -0.4 is 5.32 Å². The minimum Gasteiger partial charge on any atom is -0.355 e. The molecule has 19 heavy (non-hydrogen) atoms. The van der Waals surface area contributed by atoms with E-state index in [0.717, 1.165) is 24.3 Å². The molecule has 0 bridgehead atoms. The summed E-state index contributed by atoms with van der Waals surface area (Å²) in [6, 6.07) is 10.4. The van der Waals surface area contributed by atoms with E-state index in [1.54, 1.807) is 0 Å². The van der Waals surface area contributed by atoms with Crippen LogP contribution in [0.4, 0.5) is 0 Å². The summed E-state index contributed by atoms with van der Waals surface area (Å²) < 4.78 is 0. The molecule has 0 aromatic heterocycles. The molecule has 4 heteroatoms. The fourth-order valence-corrected chi connectivity index (χ4v) is 3.32. The molecule has 1 heterocycles. The van der Waals surface area contributed by atoms with E-state index in [9.17, 15) is 0 Å². The van der Waals surface area contributed by atoms with Crippen molar-refractivity contribution in [2.45, 2.75) is 24.6 Å². The molecule has 1 saturated heterocycles. The third-order valence-corrected chi connectivity index (χ3v) is 4.59. The number of nitrogens with one attached hydrogen (secondary N) is 1. The quantitative estimate of drug-likeness (QED) is 0.677. The van der Waals surface area contributed by atoms with E-state index in [0.29, 0.717) is 0 Å². The first kappa shape index (κ1) is 14.3. The number of rotatable bonds is 4. The SMILES string of the molecule is CN(C)C(=NCc1ccccc1)NCC1CCCS1. The molecule has 1 atom stereocenters. The number of nitrogens with zero attached hydrogens (tertiary/aromatic N) is 2. The van der Waals surface area contributed by atoms with E-state index in [4.69, 9.17) is 0 Å². The second-order valence-electron chi connectivity index (χ2n) is 5.04. The van der Waals surface area contributed by atoms with Crippen LogP contribution in [0, 0.1) is 0 Å². The van der Waals surface area contributed by atoms with Crippen molar-refractivity contribution in [1.29, 1.82) is 0 Å². The summed E-state index contributed by atoms with van der Waals surface area (Å²) in [6.07, 6.45) is 2.69. The molecule has 0 radical (unpaired) electrons. The highest BCUT2D eigenvalue weighted by molar-refractivity contribution is 8.00. The Balaban J connectivity index is 1.87. The maximum absolute atomic E-state index is 4.68. The van der Waals surface area contributed by atoms with Gasteiger partial charge in [0, 0.05) is 25.9 Å². The van der Waals surface area contributed by atoms with Gasteiger partial charge in [-0.1, -0.05) is 30.3 Å². The maximum Gasteiger partial charge on any atom is 0.193 e.